The molecule has 1 atom stereocenters. The van der Waals surface area contributed by atoms with Crippen molar-refractivity contribution >= 4 is 17.5 Å². The van der Waals surface area contributed by atoms with Gasteiger partial charge >= 0.3 is 0 Å². The number of para-hydroxylation sites is 1. The highest BCUT2D eigenvalue weighted by Gasteiger charge is 2.43. The third kappa shape index (κ3) is 2.24. The molecule has 0 radical (unpaired) electrons. The van der Waals surface area contributed by atoms with Gasteiger partial charge < -0.3 is 0 Å². The van der Waals surface area contributed by atoms with Gasteiger partial charge in [0.2, 0.25) is 5.91 Å². The summed E-state index contributed by atoms with van der Waals surface area (Å²) >= 11 is 0. The van der Waals surface area contributed by atoms with E-state index in [1.54, 1.807) is 0 Å². The number of hydrogen-bond acceptors (Lipinski definition) is 3. The average molecular weight is 272 g/mol. The molecule has 2 amide bonds. The van der Waals surface area contributed by atoms with E-state index in [2.05, 4.69) is 4.90 Å². The Hall–Kier alpha value is -1.68. The maximum absolute atomic E-state index is 12.6. The lowest BCUT2D eigenvalue weighted by atomic mass is 10.1. The molecule has 1 aromatic rings. The van der Waals surface area contributed by atoms with Gasteiger partial charge in [-0.15, -0.1) is 0 Å². The third-order valence-electron chi connectivity index (χ3n) is 4.31. The number of carbonyl (C=O) groups excluding carboxylic acids is 2. The minimum Gasteiger partial charge on any atom is -0.292 e. The van der Waals surface area contributed by atoms with Crippen LogP contribution in [0.1, 0.15) is 31.2 Å². The first kappa shape index (κ1) is 13.3. The SMILES string of the molecule is Cc1ccccc1N1C(=O)CC(N2CCCCC2)C1=O. The summed E-state index contributed by atoms with van der Waals surface area (Å²) in [5.41, 5.74) is 1.70. The van der Waals surface area contributed by atoms with E-state index >= 15 is 0 Å². The molecular weight excluding hydrogens is 252 g/mol. The second kappa shape index (κ2) is 5.37. The fraction of sp³-hybridized carbons (Fsp3) is 0.500. The van der Waals surface area contributed by atoms with Crippen molar-refractivity contribution in [1.82, 2.24) is 4.90 Å². The molecule has 3 rings (SSSR count). The van der Waals surface area contributed by atoms with Crippen LogP contribution in [0.3, 0.4) is 0 Å². The topological polar surface area (TPSA) is 40.6 Å². The fourth-order valence-electron chi connectivity index (χ4n) is 3.20. The number of benzene rings is 1. The number of piperidine rings is 1. The molecular formula is C16H20N2O2. The van der Waals surface area contributed by atoms with Crippen LogP contribution in [-0.4, -0.2) is 35.8 Å². The smallest absolute Gasteiger partial charge is 0.251 e. The van der Waals surface area contributed by atoms with E-state index in [1.165, 1.54) is 11.3 Å². The summed E-state index contributed by atoms with van der Waals surface area (Å²) in [7, 11) is 0. The Morgan fingerprint density at radius 1 is 1.05 bits per heavy atom. The van der Waals surface area contributed by atoms with Crippen LogP contribution in [-0.2, 0) is 9.59 Å². The molecule has 20 heavy (non-hydrogen) atoms. The van der Waals surface area contributed by atoms with E-state index < -0.39 is 0 Å². The quantitative estimate of drug-likeness (QED) is 0.774. The minimum atomic E-state index is -0.248. The van der Waals surface area contributed by atoms with E-state index in [-0.39, 0.29) is 17.9 Å². The molecule has 2 fully saturated rings. The number of likely N-dealkylation sites (tertiary alicyclic amines) is 1. The normalized spacial score (nSPS) is 24.4. The van der Waals surface area contributed by atoms with Crippen LogP contribution < -0.4 is 4.90 Å². The van der Waals surface area contributed by atoms with E-state index in [4.69, 9.17) is 0 Å². The van der Waals surface area contributed by atoms with Gasteiger partial charge in [-0.3, -0.25) is 14.5 Å². The Kier molecular flexibility index (Phi) is 3.57. The number of imide groups is 1. The summed E-state index contributed by atoms with van der Waals surface area (Å²) in [5, 5.41) is 0. The maximum atomic E-state index is 12.6. The highest BCUT2D eigenvalue weighted by Crippen LogP contribution is 2.29. The van der Waals surface area contributed by atoms with Gasteiger partial charge in [0, 0.05) is 0 Å². The number of nitrogens with zero attached hydrogens (tertiary/aromatic N) is 2. The zero-order valence-corrected chi connectivity index (χ0v) is 11.8. The van der Waals surface area contributed by atoms with Gasteiger partial charge in [0.1, 0.15) is 0 Å². The Morgan fingerprint density at radius 3 is 2.45 bits per heavy atom. The predicted molar refractivity (Wildman–Crippen MR) is 77.5 cm³/mol. The van der Waals surface area contributed by atoms with Gasteiger partial charge in [-0.2, -0.15) is 0 Å². The van der Waals surface area contributed by atoms with Gasteiger partial charge in [-0.1, -0.05) is 24.6 Å². The van der Waals surface area contributed by atoms with E-state index in [0.29, 0.717) is 6.42 Å². The van der Waals surface area contributed by atoms with Crippen LogP contribution in [0.4, 0.5) is 5.69 Å². The molecule has 2 aliphatic heterocycles. The summed E-state index contributed by atoms with van der Waals surface area (Å²) in [6.45, 7) is 3.81. The number of hydrogen-bond donors (Lipinski definition) is 0. The molecule has 2 aliphatic rings. The summed E-state index contributed by atoms with van der Waals surface area (Å²) in [6.07, 6.45) is 3.81. The number of aryl methyl sites for hydroxylation is 1. The van der Waals surface area contributed by atoms with Crippen LogP contribution in [0.2, 0.25) is 0 Å². The van der Waals surface area contributed by atoms with Crippen molar-refractivity contribution in [2.75, 3.05) is 18.0 Å². The van der Waals surface area contributed by atoms with Gasteiger partial charge in [0.15, 0.2) is 0 Å². The summed E-state index contributed by atoms with van der Waals surface area (Å²) < 4.78 is 0. The Balaban J connectivity index is 1.85. The Labute approximate surface area is 119 Å². The van der Waals surface area contributed by atoms with Crippen molar-refractivity contribution in [3.63, 3.8) is 0 Å². The molecule has 106 valence electrons. The molecule has 1 aromatic carbocycles. The van der Waals surface area contributed by atoms with E-state index in [0.717, 1.165) is 37.2 Å². The van der Waals surface area contributed by atoms with Gasteiger partial charge in [-0.25, -0.2) is 4.90 Å². The number of carbonyl (C=O) groups is 2. The van der Waals surface area contributed by atoms with Crippen LogP contribution in [0.25, 0.3) is 0 Å². The molecule has 0 aliphatic carbocycles. The molecule has 0 saturated carbocycles. The first-order chi connectivity index (χ1) is 9.68. The second-order valence-corrected chi connectivity index (χ2v) is 5.67. The molecule has 0 aromatic heterocycles. The Bertz CT molecular complexity index is 535. The second-order valence-electron chi connectivity index (χ2n) is 5.67. The highest BCUT2D eigenvalue weighted by atomic mass is 16.2. The standard InChI is InChI=1S/C16H20N2O2/c1-12-7-3-4-8-13(12)18-15(19)11-14(16(18)20)17-9-5-2-6-10-17/h3-4,7-8,14H,2,5-6,9-11H2,1H3. The predicted octanol–water partition coefficient (Wildman–Crippen LogP) is 2.11. The van der Waals surface area contributed by atoms with Crippen LogP contribution in [0.15, 0.2) is 24.3 Å². The van der Waals surface area contributed by atoms with Crippen molar-refractivity contribution in [2.45, 2.75) is 38.6 Å². The maximum Gasteiger partial charge on any atom is 0.251 e. The van der Waals surface area contributed by atoms with E-state index in [1.807, 2.05) is 31.2 Å². The summed E-state index contributed by atoms with van der Waals surface area (Å²) in [4.78, 5) is 28.5. The average Bonchev–Trinajstić information content (AvgIpc) is 2.76. The largest absolute Gasteiger partial charge is 0.292 e. The summed E-state index contributed by atoms with van der Waals surface area (Å²) in [6, 6.07) is 7.33. The molecule has 4 nitrogen and oxygen atoms in total. The van der Waals surface area contributed by atoms with Crippen molar-refractivity contribution in [2.24, 2.45) is 0 Å². The molecule has 0 spiro atoms. The minimum absolute atomic E-state index is 0.0498. The van der Waals surface area contributed by atoms with Crippen LogP contribution in [0.5, 0.6) is 0 Å². The zero-order chi connectivity index (χ0) is 14.1. The van der Waals surface area contributed by atoms with Crippen molar-refractivity contribution in [1.29, 1.82) is 0 Å². The first-order valence-corrected chi connectivity index (χ1v) is 7.35. The lowest BCUT2D eigenvalue weighted by Gasteiger charge is -2.30. The van der Waals surface area contributed by atoms with Crippen molar-refractivity contribution < 1.29 is 9.59 Å². The monoisotopic (exact) mass is 272 g/mol. The van der Waals surface area contributed by atoms with Gasteiger partial charge in [-0.05, 0) is 44.5 Å². The van der Waals surface area contributed by atoms with Gasteiger partial charge in [0.25, 0.3) is 5.91 Å². The third-order valence-corrected chi connectivity index (χ3v) is 4.31. The Morgan fingerprint density at radius 2 is 1.75 bits per heavy atom. The highest BCUT2D eigenvalue weighted by molar-refractivity contribution is 6.22. The number of anilines is 1. The van der Waals surface area contributed by atoms with Crippen LogP contribution >= 0.6 is 0 Å². The first-order valence-electron chi connectivity index (χ1n) is 7.35. The molecule has 4 heteroatoms. The molecule has 1 unspecified atom stereocenters. The summed E-state index contributed by atoms with van der Waals surface area (Å²) in [5.74, 6) is -0.119. The molecule has 0 bridgehead atoms. The van der Waals surface area contributed by atoms with Crippen molar-refractivity contribution in [3.05, 3.63) is 29.8 Å². The van der Waals surface area contributed by atoms with Gasteiger partial charge in [0.05, 0.1) is 18.2 Å². The number of rotatable bonds is 2. The van der Waals surface area contributed by atoms with E-state index in [9.17, 15) is 9.59 Å². The lowest BCUT2D eigenvalue weighted by molar-refractivity contribution is -0.123. The van der Waals surface area contributed by atoms with Crippen LogP contribution in [0, 0.1) is 6.92 Å². The molecule has 0 N–H and O–H groups in total. The molecule has 2 heterocycles. The number of amides is 2. The lowest BCUT2D eigenvalue weighted by Crippen LogP contribution is -2.44. The molecule has 2 saturated heterocycles. The van der Waals surface area contributed by atoms with Crippen molar-refractivity contribution in [3.8, 4) is 0 Å². The zero-order valence-electron chi connectivity index (χ0n) is 11.8. The fourth-order valence-corrected chi connectivity index (χ4v) is 3.20.